The van der Waals surface area contributed by atoms with Gasteiger partial charge in [-0.1, -0.05) is 26.0 Å². The van der Waals surface area contributed by atoms with E-state index in [1.165, 1.54) is 6.07 Å². The van der Waals surface area contributed by atoms with Crippen molar-refractivity contribution < 1.29 is 18.3 Å². The highest BCUT2D eigenvalue weighted by Gasteiger charge is 2.41. The summed E-state index contributed by atoms with van der Waals surface area (Å²) in [5.41, 5.74) is 0.879. The minimum atomic E-state index is -3.97. The first kappa shape index (κ1) is 17.6. The van der Waals surface area contributed by atoms with E-state index in [0.717, 1.165) is 9.87 Å². The van der Waals surface area contributed by atoms with Crippen LogP contribution in [0.25, 0.3) is 0 Å². The van der Waals surface area contributed by atoms with E-state index in [2.05, 4.69) is 10.2 Å². The Labute approximate surface area is 146 Å². The number of aromatic nitrogens is 3. The van der Waals surface area contributed by atoms with Crippen molar-refractivity contribution in [1.82, 2.24) is 19.1 Å². The fraction of sp³-hybridized carbons (Fsp3) is 0.438. The molecule has 0 radical (unpaired) electrons. The van der Waals surface area contributed by atoms with E-state index in [9.17, 15) is 18.3 Å². The molecule has 9 heteroatoms. The van der Waals surface area contributed by atoms with Crippen LogP contribution < -0.4 is 0 Å². The lowest BCUT2D eigenvalue weighted by Crippen LogP contribution is -2.50. The Bertz CT molecular complexity index is 920. The van der Waals surface area contributed by atoms with Crippen molar-refractivity contribution in [2.75, 3.05) is 0 Å². The van der Waals surface area contributed by atoms with Crippen LogP contribution in [0.4, 0.5) is 0 Å². The van der Waals surface area contributed by atoms with Gasteiger partial charge in [0.1, 0.15) is 17.7 Å². The van der Waals surface area contributed by atoms with Gasteiger partial charge in [-0.05, 0) is 30.5 Å². The molecular weight excluding hydrogens is 344 g/mol. The van der Waals surface area contributed by atoms with Crippen molar-refractivity contribution in [1.29, 1.82) is 0 Å². The molecule has 1 atom stereocenters. The maximum atomic E-state index is 13.1. The molecule has 0 bridgehead atoms. The smallest absolute Gasteiger partial charge is 0.323 e. The lowest BCUT2D eigenvalue weighted by molar-refractivity contribution is -0.142. The molecule has 0 aliphatic carbocycles. The zero-order chi connectivity index (χ0) is 18.4. The maximum absolute atomic E-state index is 13.1. The average Bonchev–Trinajstić information content (AvgIpc) is 2.94. The van der Waals surface area contributed by atoms with Gasteiger partial charge >= 0.3 is 5.97 Å². The van der Waals surface area contributed by atoms with Crippen molar-refractivity contribution in [2.45, 2.75) is 50.7 Å². The van der Waals surface area contributed by atoms with E-state index in [0.29, 0.717) is 11.6 Å². The first-order chi connectivity index (χ1) is 11.7. The van der Waals surface area contributed by atoms with Crippen LogP contribution in [0.1, 0.15) is 37.0 Å². The SMILES string of the molecule is Cc1nnc2n1CC(C(=O)O)N(S(=O)(=O)c1cccc(C(C)C)c1)C2. The Balaban J connectivity index is 2.06. The molecule has 25 heavy (non-hydrogen) atoms. The molecule has 0 fully saturated rings. The molecule has 0 spiro atoms. The summed E-state index contributed by atoms with van der Waals surface area (Å²) in [5.74, 6) is -0.0152. The summed E-state index contributed by atoms with van der Waals surface area (Å²) in [5, 5.41) is 17.4. The summed E-state index contributed by atoms with van der Waals surface area (Å²) >= 11 is 0. The van der Waals surface area contributed by atoms with E-state index in [1.807, 2.05) is 19.9 Å². The van der Waals surface area contributed by atoms with Gasteiger partial charge in [-0.25, -0.2) is 8.42 Å². The van der Waals surface area contributed by atoms with Crippen LogP contribution in [0.15, 0.2) is 29.2 Å². The molecule has 134 valence electrons. The Kier molecular flexibility index (Phi) is 4.38. The van der Waals surface area contributed by atoms with Crippen LogP contribution in [0.5, 0.6) is 0 Å². The third-order valence-corrected chi connectivity index (χ3v) is 6.28. The van der Waals surface area contributed by atoms with Gasteiger partial charge in [0.25, 0.3) is 0 Å². The topological polar surface area (TPSA) is 105 Å². The van der Waals surface area contributed by atoms with Crippen LogP contribution in [0.3, 0.4) is 0 Å². The molecule has 1 aliphatic rings. The molecule has 1 unspecified atom stereocenters. The molecule has 1 N–H and O–H groups in total. The highest BCUT2D eigenvalue weighted by Crippen LogP contribution is 2.27. The number of benzene rings is 1. The van der Waals surface area contributed by atoms with Crippen molar-refractivity contribution >= 4 is 16.0 Å². The molecule has 1 aliphatic heterocycles. The lowest BCUT2D eigenvalue weighted by Gasteiger charge is -2.32. The average molecular weight is 364 g/mol. The number of nitrogens with zero attached hydrogens (tertiary/aromatic N) is 4. The van der Waals surface area contributed by atoms with Crippen LogP contribution >= 0.6 is 0 Å². The van der Waals surface area contributed by atoms with Gasteiger partial charge in [0.15, 0.2) is 0 Å². The van der Waals surface area contributed by atoms with Gasteiger partial charge in [0, 0.05) is 0 Å². The van der Waals surface area contributed by atoms with Gasteiger partial charge in [-0.2, -0.15) is 4.31 Å². The van der Waals surface area contributed by atoms with E-state index in [4.69, 9.17) is 0 Å². The molecule has 1 aromatic carbocycles. The fourth-order valence-electron chi connectivity index (χ4n) is 2.92. The number of sulfonamides is 1. The number of aliphatic carboxylic acids is 1. The van der Waals surface area contributed by atoms with Crippen molar-refractivity contribution in [3.63, 3.8) is 0 Å². The van der Waals surface area contributed by atoms with E-state index in [-0.39, 0.29) is 23.9 Å². The summed E-state index contributed by atoms with van der Waals surface area (Å²) in [6.07, 6.45) is 0. The standard InChI is InChI=1S/C16H20N4O4S/c1-10(2)12-5-4-6-13(7-12)25(23,24)20-9-15-18-17-11(3)19(15)8-14(20)16(21)22/h4-7,10,14H,8-9H2,1-3H3,(H,21,22). The van der Waals surface area contributed by atoms with Crippen molar-refractivity contribution in [3.05, 3.63) is 41.5 Å². The second-order valence-electron chi connectivity index (χ2n) is 6.41. The Morgan fingerprint density at radius 2 is 2.04 bits per heavy atom. The monoisotopic (exact) mass is 364 g/mol. The van der Waals surface area contributed by atoms with Gasteiger partial charge in [0.05, 0.1) is 18.0 Å². The third kappa shape index (κ3) is 3.05. The molecule has 1 aromatic heterocycles. The molecule has 0 saturated carbocycles. The summed E-state index contributed by atoms with van der Waals surface area (Å²) in [6, 6.07) is 5.42. The molecule has 3 rings (SSSR count). The Morgan fingerprint density at radius 3 is 2.68 bits per heavy atom. The van der Waals surface area contributed by atoms with Crippen LogP contribution in [-0.2, 0) is 27.9 Å². The van der Waals surface area contributed by atoms with E-state index >= 15 is 0 Å². The van der Waals surface area contributed by atoms with Gasteiger partial charge in [0.2, 0.25) is 10.0 Å². The van der Waals surface area contributed by atoms with Gasteiger partial charge in [-0.3, -0.25) is 4.79 Å². The predicted octanol–water partition coefficient (Wildman–Crippen LogP) is 1.37. The normalized spacial score (nSPS) is 18.3. The first-order valence-electron chi connectivity index (χ1n) is 7.95. The van der Waals surface area contributed by atoms with Crippen LogP contribution in [0.2, 0.25) is 0 Å². The maximum Gasteiger partial charge on any atom is 0.323 e. The number of carboxylic acids is 1. The number of hydrogen-bond donors (Lipinski definition) is 1. The second kappa shape index (κ2) is 6.23. The van der Waals surface area contributed by atoms with Crippen LogP contribution in [0, 0.1) is 6.92 Å². The number of carboxylic acid groups (broad SMARTS) is 1. The number of rotatable bonds is 4. The summed E-state index contributed by atoms with van der Waals surface area (Å²) in [7, 11) is -3.97. The molecule has 2 aromatic rings. The summed E-state index contributed by atoms with van der Waals surface area (Å²) < 4.78 is 28.8. The molecule has 0 amide bonds. The molecular formula is C16H20N4O4S. The van der Waals surface area contributed by atoms with E-state index in [1.54, 1.807) is 23.6 Å². The number of fused-ring (bicyclic) bond motifs is 1. The van der Waals surface area contributed by atoms with Gasteiger partial charge in [-0.15, -0.1) is 10.2 Å². The zero-order valence-corrected chi connectivity index (χ0v) is 15.1. The quantitative estimate of drug-likeness (QED) is 0.878. The zero-order valence-electron chi connectivity index (χ0n) is 14.2. The number of carbonyl (C=O) groups is 1. The predicted molar refractivity (Wildman–Crippen MR) is 89.4 cm³/mol. The number of hydrogen-bond acceptors (Lipinski definition) is 5. The summed E-state index contributed by atoms with van der Waals surface area (Å²) in [6.45, 7) is 5.53. The molecule has 0 saturated heterocycles. The first-order valence-corrected chi connectivity index (χ1v) is 9.39. The second-order valence-corrected chi connectivity index (χ2v) is 8.30. The fourth-order valence-corrected chi connectivity index (χ4v) is 4.50. The Morgan fingerprint density at radius 1 is 1.32 bits per heavy atom. The van der Waals surface area contributed by atoms with E-state index < -0.39 is 22.0 Å². The summed E-state index contributed by atoms with van der Waals surface area (Å²) in [4.78, 5) is 11.8. The molecule has 2 heterocycles. The largest absolute Gasteiger partial charge is 0.480 e. The minimum Gasteiger partial charge on any atom is -0.480 e. The van der Waals surface area contributed by atoms with Gasteiger partial charge < -0.3 is 9.67 Å². The number of aryl methyl sites for hydroxylation is 1. The molecule has 8 nitrogen and oxygen atoms in total. The lowest BCUT2D eigenvalue weighted by atomic mass is 10.0. The van der Waals surface area contributed by atoms with Crippen molar-refractivity contribution in [2.24, 2.45) is 0 Å². The Hall–Kier alpha value is -2.26. The highest BCUT2D eigenvalue weighted by atomic mass is 32.2. The van der Waals surface area contributed by atoms with Crippen molar-refractivity contribution in [3.8, 4) is 0 Å². The van der Waals surface area contributed by atoms with Crippen LogP contribution in [-0.4, -0.2) is 44.6 Å². The third-order valence-electron chi connectivity index (χ3n) is 4.43. The highest BCUT2D eigenvalue weighted by molar-refractivity contribution is 7.89. The minimum absolute atomic E-state index is 0.00734.